The topological polar surface area (TPSA) is 66.8 Å². The van der Waals surface area contributed by atoms with Crippen molar-refractivity contribution in [2.24, 2.45) is 0 Å². The molecule has 1 N–H and O–H groups in total. The van der Waals surface area contributed by atoms with Crippen LogP contribution in [-0.2, 0) is 19.5 Å². The summed E-state index contributed by atoms with van der Waals surface area (Å²) in [6.07, 6.45) is 4.33. The maximum absolute atomic E-state index is 12.0. The zero-order chi connectivity index (χ0) is 18.5. The van der Waals surface area contributed by atoms with E-state index in [9.17, 15) is 4.79 Å². The highest BCUT2D eigenvalue weighted by molar-refractivity contribution is 7.99. The highest BCUT2D eigenvalue weighted by Crippen LogP contribution is 2.18. The Hall–Kier alpha value is -2.38. The van der Waals surface area contributed by atoms with Gasteiger partial charge in [-0.25, -0.2) is 4.98 Å². The third kappa shape index (κ3) is 4.87. The first kappa shape index (κ1) is 18.0. The first-order valence-electron chi connectivity index (χ1n) is 9.23. The van der Waals surface area contributed by atoms with Crippen LogP contribution in [0.3, 0.4) is 0 Å². The zero-order valence-electron chi connectivity index (χ0n) is 15.2. The molecule has 1 aliphatic heterocycles. The largest absolute Gasteiger partial charge is 0.307 e. The quantitative estimate of drug-likeness (QED) is 0.710. The number of nitrogens with zero attached hydrogens (tertiary/aromatic N) is 4. The molecule has 0 bridgehead atoms. The van der Waals surface area contributed by atoms with Gasteiger partial charge in [0.1, 0.15) is 5.82 Å². The molecule has 0 amide bonds. The van der Waals surface area contributed by atoms with Crippen molar-refractivity contribution < 1.29 is 0 Å². The van der Waals surface area contributed by atoms with Crippen molar-refractivity contribution >= 4 is 11.8 Å². The van der Waals surface area contributed by atoms with Crippen LogP contribution >= 0.6 is 11.8 Å². The number of H-pyrrole nitrogens is 1. The number of benzene rings is 1. The summed E-state index contributed by atoms with van der Waals surface area (Å²) in [5, 5.41) is 4.19. The van der Waals surface area contributed by atoms with Crippen molar-refractivity contribution in [3.63, 3.8) is 0 Å². The van der Waals surface area contributed by atoms with E-state index in [0.29, 0.717) is 18.8 Å². The highest BCUT2D eigenvalue weighted by atomic mass is 32.2. The molecule has 1 saturated heterocycles. The molecular weight excluding hydrogens is 358 g/mol. The van der Waals surface area contributed by atoms with Crippen molar-refractivity contribution in [3.8, 4) is 11.4 Å². The molecule has 3 heterocycles. The monoisotopic (exact) mass is 381 g/mol. The Morgan fingerprint density at radius 3 is 2.70 bits per heavy atom. The summed E-state index contributed by atoms with van der Waals surface area (Å²) >= 11 is 2.03. The van der Waals surface area contributed by atoms with Gasteiger partial charge in [-0.3, -0.25) is 14.4 Å². The number of hydrogen-bond donors (Lipinski definition) is 1. The lowest BCUT2D eigenvalue weighted by molar-refractivity contribution is 0.294. The number of rotatable bonds is 6. The molecule has 0 aliphatic carbocycles. The fraction of sp³-hybridized carbons (Fsp3) is 0.350. The summed E-state index contributed by atoms with van der Waals surface area (Å²) < 4.78 is 1.84. The number of thioether (sulfide) groups is 1. The van der Waals surface area contributed by atoms with Gasteiger partial charge in [-0.2, -0.15) is 16.9 Å². The molecule has 0 radical (unpaired) electrons. The van der Waals surface area contributed by atoms with Crippen molar-refractivity contribution in [1.29, 1.82) is 0 Å². The Labute approximate surface area is 162 Å². The minimum atomic E-state index is -0.120. The van der Waals surface area contributed by atoms with E-state index >= 15 is 0 Å². The fourth-order valence-electron chi connectivity index (χ4n) is 3.22. The van der Waals surface area contributed by atoms with Gasteiger partial charge >= 0.3 is 0 Å². The van der Waals surface area contributed by atoms with Gasteiger partial charge in [0, 0.05) is 68.1 Å². The van der Waals surface area contributed by atoms with Crippen molar-refractivity contribution in [2.45, 2.75) is 19.5 Å². The molecule has 0 spiro atoms. The first-order valence-corrected chi connectivity index (χ1v) is 10.4. The van der Waals surface area contributed by atoms with Gasteiger partial charge in [0.15, 0.2) is 0 Å². The van der Waals surface area contributed by atoms with E-state index in [1.165, 1.54) is 17.1 Å². The number of aromatic nitrogens is 4. The van der Waals surface area contributed by atoms with E-state index in [2.05, 4.69) is 32.1 Å². The average molecular weight is 382 g/mol. The number of hydrogen-bond acceptors (Lipinski definition) is 5. The van der Waals surface area contributed by atoms with E-state index in [-0.39, 0.29) is 5.56 Å². The Balaban J connectivity index is 1.46. The molecule has 7 heteroatoms. The summed E-state index contributed by atoms with van der Waals surface area (Å²) in [6.45, 7) is 3.99. The maximum Gasteiger partial charge on any atom is 0.251 e. The van der Waals surface area contributed by atoms with Crippen LogP contribution in [0.5, 0.6) is 0 Å². The predicted molar refractivity (Wildman–Crippen MR) is 109 cm³/mol. The molecule has 2 aromatic heterocycles. The minimum absolute atomic E-state index is 0.120. The second-order valence-corrected chi connectivity index (χ2v) is 7.91. The van der Waals surface area contributed by atoms with Crippen LogP contribution in [0.4, 0.5) is 0 Å². The molecule has 6 nitrogen and oxygen atoms in total. The van der Waals surface area contributed by atoms with Crippen LogP contribution in [0.1, 0.15) is 11.3 Å². The van der Waals surface area contributed by atoms with Gasteiger partial charge < -0.3 is 4.98 Å². The van der Waals surface area contributed by atoms with Crippen molar-refractivity contribution in [1.82, 2.24) is 24.6 Å². The summed E-state index contributed by atoms with van der Waals surface area (Å²) in [5.74, 6) is 3.06. The SMILES string of the molecule is O=c1cc(CCn2cccn2)nc(-c2ccc(CN3CCSCC3)cc2)[nH]1. The van der Waals surface area contributed by atoms with Crippen LogP contribution in [0.2, 0.25) is 0 Å². The maximum atomic E-state index is 12.0. The zero-order valence-corrected chi connectivity index (χ0v) is 16.0. The summed E-state index contributed by atoms with van der Waals surface area (Å²) in [6, 6.07) is 11.8. The van der Waals surface area contributed by atoms with Crippen molar-refractivity contribution in [3.05, 3.63) is 70.4 Å². The van der Waals surface area contributed by atoms with Gasteiger partial charge in [-0.15, -0.1) is 0 Å². The van der Waals surface area contributed by atoms with Gasteiger partial charge in [0.05, 0.1) is 5.69 Å². The van der Waals surface area contributed by atoms with Crippen LogP contribution in [0.15, 0.2) is 53.6 Å². The normalized spacial score (nSPS) is 15.1. The molecule has 0 saturated carbocycles. The molecule has 0 unspecified atom stereocenters. The molecule has 1 aromatic carbocycles. The van der Waals surface area contributed by atoms with E-state index < -0.39 is 0 Å². The number of nitrogens with one attached hydrogen (secondary N) is 1. The number of aromatic amines is 1. The summed E-state index contributed by atoms with van der Waals surface area (Å²) in [5.41, 5.74) is 2.89. The lowest BCUT2D eigenvalue weighted by Crippen LogP contribution is -2.31. The molecule has 3 aromatic rings. The minimum Gasteiger partial charge on any atom is -0.307 e. The average Bonchev–Trinajstić information content (AvgIpc) is 3.21. The molecule has 1 aliphatic rings. The Morgan fingerprint density at radius 2 is 1.96 bits per heavy atom. The van der Waals surface area contributed by atoms with Crippen LogP contribution < -0.4 is 5.56 Å². The van der Waals surface area contributed by atoms with Gasteiger partial charge in [-0.1, -0.05) is 24.3 Å². The molecule has 1 fully saturated rings. The first-order chi connectivity index (χ1) is 13.3. The Kier molecular flexibility index (Phi) is 5.69. The Bertz CT molecular complexity index is 914. The lowest BCUT2D eigenvalue weighted by atomic mass is 10.1. The number of aryl methyl sites for hydroxylation is 2. The van der Waals surface area contributed by atoms with Gasteiger partial charge in [-0.05, 0) is 11.6 Å². The fourth-order valence-corrected chi connectivity index (χ4v) is 4.20. The lowest BCUT2D eigenvalue weighted by Gasteiger charge is -2.26. The summed E-state index contributed by atoms with van der Waals surface area (Å²) in [4.78, 5) is 22.0. The molecule has 140 valence electrons. The van der Waals surface area contributed by atoms with Crippen LogP contribution in [0, 0.1) is 0 Å². The third-order valence-electron chi connectivity index (χ3n) is 4.69. The predicted octanol–water partition coefficient (Wildman–Crippen LogP) is 2.42. The second-order valence-electron chi connectivity index (χ2n) is 6.69. The van der Waals surface area contributed by atoms with E-state index in [4.69, 9.17) is 0 Å². The van der Waals surface area contributed by atoms with E-state index in [1.54, 1.807) is 12.3 Å². The van der Waals surface area contributed by atoms with Crippen LogP contribution in [-0.4, -0.2) is 49.2 Å². The van der Waals surface area contributed by atoms with Crippen LogP contribution in [0.25, 0.3) is 11.4 Å². The van der Waals surface area contributed by atoms with Gasteiger partial charge in [0.2, 0.25) is 0 Å². The smallest absolute Gasteiger partial charge is 0.251 e. The summed E-state index contributed by atoms with van der Waals surface area (Å²) in [7, 11) is 0. The highest BCUT2D eigenvalue weighted by Gasteiger charge is 2.11. The molecule has 0 atom stereocenters. The Morgan fingerprint density at radius 1 is 1.15 bits per heavy atom. The molecule has 4 rings (SSSR count). The molecular formula is C20H23N5OS. The van der Waals surface area contributed by atoms with Crippen molar-refractivity contribution in [2.75, 3.05) is 24.6 Å². The van der Waals surface area contributed by atoms with E-state index in [1.807, 2.05) is 40.8 Å². The van der Waals surface area contributed by atoms with Gasteiger partial charge in [0.25, 0.3) is 5.56 Å². The second kappa shape index (κ2) is 8.54. The standard InChI is InChI=1S/C20H23N5OS/c26-19-14-18(6-9-25-8-1-7-21-25)22-20(23-19)17-4-2-16(3-5-17)15-24-10-12-27-13-11-24/h1-5,7-8,14H,6,9-13,15H2,(H,22,23,26). The third-order valence-corrected chi connectivity index (χ3v) is 5.63. The van der Waals surface area contributed by atoms with E-state index in [0.717, 1.165) is 30.9 Å². The molecule has 27 heavy (non-hydrogen) atoms.